The van der Waals surface area contributed by atoms with Crippen LogP contribution in [0, 0.1) is 0 Å². The second-order valence-corrected chi connectivity index (χ2v) is 5.20. The molecule has 1 unspecified atom stereocenters. The van der Waals surface area contributed by atoms with Gasteiger partial charge >= 0.3 is 0 Å². The van der Waals surface area contributed by atoms with Crippen LogP contribution in [0.2, 0.25) is 0 Å². The van der Waals surface area contributed by atoms with Crippen LogP contribution in [0.15, 0.2) is 42.6 Å². The number of hydrogen-bond acceptors (Lipinski definition) is 3. The average Bonchev–Trinajstić information content (AvgIpc) is 2.82. The molecule has 1 aliphatic heterocycles. The third kappa shape index (κ3) is 2.34. The summed E-state index contributed by atoms with van der Waals surface area (Å²) in [5.74, 6) is 1.06. The monoisotopic (exact) mass is 253 g/mol. The summed E-state index contributed by atoms with van der Waals surface area (Å²) in [4.78, 5) is 6.90. The maximum atomic E-state index is 5.94. The van der Waals surface area contributed by atoms with Gasteiger partial charge in [-0.3, -0.25) is 0 Å². The molecule has 2 aromatic rings. The molecule has 0 saturated carbocycles. The summed E-state index contributed by atoms with van der Waals surface area (Å²) in [6, 6.07) is 12.8. The Hall–Kier alpha value is -1.87. The second-order valence-electron chi connectivity index (χ2n) is 5.20. The van der Waals surface area contributed by atoms with Crippen molar-refractivity contribution in [2.45, 2.75) is 25.8 Å². The molecule has 1 aromatic carbocycles. The van der Waals surface area contributed by atoms with Crippen molar-refractivity contribution in [1.29, 1.82) is 0 Å². The third-order valence-electron chi connectivity index (χ3n) is 3.55. The number of benzene rings is 1. The van der Waals surface area contributed by atoms with Crippen molar-refractivity contribution < 1.29 is 0 Å². The van der Waals surface area contributed by atoms with E-state index in [1.165, 1.54) is 16.8 Å². The molecule has 1 aromatic heterocycles. The minimum atomic E-state index is 0.154. The first-order chi connectivity index (χ1) is 9.25. The average molecular weight is 253 g/mol. The molecular formula is C16H19N3. The Morgan fingerprint density at radius 1 is 1.26 bits per heavy atom. The Kier molecular flexibility index (Phi) is 3.22. The maximum absolute atomic E-state index is 5.94. The number of hydrogen-bond donors (Lipinski definition) is 1. The molecule has 0 saturated heterocycles. The van der Waals surface area contributed by atoms with Crippen LogP contribution < -0.4 is 10.6 Å². The van der Waals surface area contributed by atoms with Gasteiger partial charge in [-0.2, -0.15) is 0 Å². The van der Waals surface area contributed by atoms with Crippen molar-refractivity contribution in [2.24, 2.45) is 5.73 Å². The molecule has 0 bridgehead atoms. The van der Waals surface area contributed by atoms with Crippen LogP contribution in [-0.4, -0.2) is 17.6 Å². The van der Waals surface area contributed by atoms with E-state index in [-0.39, 0.29) is 6.04 Å². The highest BCUT2D eigenvalue weighted by Crippen LogP contribution is 2.34. The van der Waals surface area contributed by atoms with Crippen molar-refractivity contribution in [3.63, 3.8) is 0 Å². The molecule has 1 aliphatic rings. The summed E-state index contributed by atoms with van der Waals surface area (Å²) in [6.45, 7) is 3.04. The van der Waals surface area contributed by atoms with E-state index in [9.17, 15) is 0 Å². The van der Waals surface area contributed by atoms with Crippen molar-refractivity contribution in [3.05, 3.63) is 53.7 Å². The summed E-state index contributed by atoms with van der Waals surface area (Å²) in [5, 5.41) is 0. The lowest BCUT2D eigenvalue weighted by Crippen LogP contribution is -2.22. The summed E-state index contributed by atoms with van der Waals surface area (Å²) < 4.78 is 0. The van der Waals surface area contributed by atoms with Crippen molar-refractivity contribution in [1.82, 2.24) is 4.98 Å². The fraction of sp³-hybridized carbons (Fsp3) is 0.312. The van der Waals surface area contributed by atoms with E-state index in [2.05, 4.69) is 40.2 Å². The highest BCUT2D eigenvalue weighted by molar-refractivity contribution is 5.69. The molecule has 0 aliphatic carbocycles. The SMILES string of the molecule is CC(N)Cc1cccnc1N1CCc2ccccc21. The Labute approximate surface area is 114 Å². The molecule has 0 radical (unpaired) electrons. The first-order valence-electron chi connectivity index (χ1n) is 6.80. The van der Waals surface area contributed by atoms with Crippen LogP contribution in [-0.2, 0) is 12.8 Å². The van der Waals surface area contributed by atoms with Crippen molar-refractivity contribution in [2.75, 3.05) is 11.4 Å². The van der Waals surface area contributed by atoms with Crippen LogP contribution in [0.25, 0.3) is 0 Å². The number of anilines is 2. The molecule has 1 atom stereocenters. The van der Waals surface area contributed by atoms with Crippen molar-refractivity contribution in [3.8, 4) is 0 Å². The lowest BCUT2D eigenvalue weighted by Gasteiger charge is -2.22. The molecule has 19 heavy (non-hydrogen) atoms. The number of nitrogens with zero attached hydrogens (tertiary/aromatic N) is 2. The van der Waals surface area contributed by atoms with E-state index in [4.69, 9.17) is 5.73 Å². The van der Waals surface area contributed by atoms with Gasteiger partial charge in [0.2, 0.25) is 0 Å². The van der Waals surface area contributed by atoms with Crippen molar-refractivity contribution >= 4 is 11.5 Å². The van der Waals surface area contributed by atoms with Gasteiger partial charge in [0.15, 0.2) is 0 Å². The number of fused-ring (bicyclic) bond motifs is 1. The first kappa shape index (κ1) is 12.2. The molecular weight excluding hydrogens is 234 g/mol. The van der Waals surface area contributed by atoms with Gasteiger partial charge in [0.1, 0.15) is 5.82 Å². The third-order valence-corrected chi connectivity index (χ3v) is 3.55. The highest BCUT2D eigenvalue weighted by Gasteiger charge is 2.22. The Morgan fingerprint density at radius 3 is 2.95 bits per heavy atom. The Morgan fingerprint density at radius 2 is 2.11 bits per heavy atom. The predicted molar refractivity (Wildman–Crippen MR) is 78.7 cm³/mol. The zero-order valence-electron chi connectivity index (χ0n) is 11.2. The van der Waals surface area contributed by atoms with E-state index in [0.29, 0.717) is 0 Å². The van der Waals surface area contributed by atoms with E-state index >= 15 is 0 Å². The Balaban J connectivity index is 2.00. The highest BCUT2D eigenvalue weighted by atomic mass is 15.2. The fourth-order valence-corrected chi connectivity index (χ4v) is 2.74. The van der Waals surface area contributed by atoms with E-state index in [1.807, 2.05) is 19.2 Å². The summed E-state index contributed by atoms with van der Waals surface area (Å²) in [6.07, 6.45) is 3.81. The number of nitrogens with two attached hydrogens (primary N) is 1. The minimum absolute atomic E-state index is 0.154. The molecule has 0 amide bonds. The Bertz CT molecular complexity index is 578. The van der Waals surface area contributed by atoms with Crippen LogP contribution in [0.5, 0.6) is 0 Å². The molecule has 2 N–H and O–H groups in total. The van der Waals surface area contributed by atoms with Gasteiger partial charge in [-0.05, 0) is 43.0 Å². The molecule has 3 rings (SSSR count). The molecule has 98 valence electrons. The fourth-order valence-electron chi connectivity index (χ4n) is 2.74. The van der Waals surface area contributed by atoms with E-state index < -0.39 is 0 Å². The molecule has 3 heteroatoms. The van der Waals surface area contributed by atoms with E-state index in [1.54, 1.807) is 0 Å². The molecule has 0 spiro atoms. The van der Waals surface area contributed by atoms with Gasteiger partial charge in [0.25, 0.3) is 0 Å². The van der Waals surface area contributed by atoms with Crippen LogP contribution in [0.4, 0.5) is 11.5 Å². The van der Waals surface area contributed by atoms with Crippen LogP contribution in [0.3, 0.4) is 0 Å². The van der Waals surface area contributed by atoms with E-state index in [0.717, 1.165) is 25.2 Å². The number of pyridine rings is 1. The lowest BCUT2D eigenvalue weighted by atomic mass is 10.1. The van der Waals surface area contributed by atoms with Gasteiger partial charge < -0.3 is 10.6 Å². The first-order valence-corrected chi connectivity index (χ1v) is 6.80. The van der Waals surface area contributed by atoms with Gasteiger partial charge in [-0.25, -0.2) is 4.98 Å². The van der Waals surface area contributed by atoms with Gasteiger partial charge in [0, 0.05) is 24.5 Å². The smallest absolute Gasteiger partial charge is 0.136 e. The van der Waals surface area contributed by atoms with Gasteiger partial charge in [-0.15, -0.1) is 0 Å². The molecule has 0 fully saturated rings. The van der Waals surface area contributed by atoms with Crippen LogP contribution in [0.1, 0.15) is 18.1 Å². The quantitative estimate of drug-likeness (QED) is 0.914. The zero-order valence-corrected chi connectivity index (χ0v) is 11.2. The normalized spacial score (nSPS) is 15.4. The summed E-state index contributed by atoms with van der Waals surface area (Å²) in [5.41, 5.74) is 9.86. The predicted octanol–water partition coefficient (Wildman–Crippen LogP) is 2.67. The number of rotatable bonds is 3. The minimum Gasteiger partial charge on any atom is -0.328 e. The zero-order chi connectivity index (χ0) is 13.2. The lowest BCUT2D eigenvalue weighted by molar-refractivity contribution is 0.733. The number of para-hydroxylation sites is 1. The molecule has 2 heterocycles. The summed E-state index contributed by atoms with van der Waals surface area (Å²) >= 11 is 0. The summed E-state index contributed by atoms with van der Waals surface area (Å²) in [7, 11) is 0. The molecule has 3 nitrogen and oxygen atoms in total. The van der Waals surface area contributed by atoms with Crippen LogP contribution >= 0.6 is 0 Å². The topological polar surface area (TPSA) is 42.1 Å². The van der Waals surface area contributed by atoms with Gasteiger partial charge in [0.05, 0.1) is 0 Å². The number of aromatic nitrogens is 1. The van der Waals surface area contributed by atoms with Gasteiger partial charge in [-0.1, -0.05) is 24.3 Å². The maximum Gasteiger partial charge on any atom is 0.136 e. The largest absolute Gasteiger partial charge is 0.328 e. The standard InChI is InChI=1S/C16H19N3/c1-12(17)11-14-6-4-9-18-16(14)19-10-8-13-5-2-3-7-15(13)19/h2-7,9,12H,8,10-11,17H2,1H3. The second kappa shape index (κ2) is 5.02.